The fraction of sp³-hybridized carbons (Fsp3) is 0.613. The van der Waals surface area contributed by atoms with Crippen molar-refractivity contribution in [3.8, 4) is 0 Å². The van der Waals surface area contributed by atoms with E-state index in [0.717, 1.165) is 45.3 Å². The van der Waals surface area contributed by atoms with Gasteiger partial charge in [0.25, 0.3) is 0 Å². The fourth-order valence-corrected chi connectivity index (χ4v) is 3.60. The molecule has 210 valence electrons. The molecule has 37 heavy (non-hydrogen) atoms. The summed E-state index contributed by atoms with van der Waals surface area (Å²) in [5, 5.41) is 8.50. The zero-order valence-corrected chi connectivity index (χ0v) is 23.6. The van der Waals surface area contributed by atoms with E-state index in [-0.39, 0.29) is 5.97 Å². The summed E-state index contributed by atoms with van der Waals surface area (Å²) in [5.74, 6) is -0.965. The minimum Gasteiger partial charge on any atom is -0.481 e. The van der Waals surface area contributed by atoms with Crippen LogP contribution in [-0.4, -0.2) is 48.2 Å². The molecule has 0 radical (unpaired) electrons. The lowest BCUT2D eigenvalue weighted by Gasteiger charge is -2.17. The van der Waals surface area contributed by atoms with Crippen LogP contribution in [0.25, 0.3) is 0 Å². The zero-order chi connectivity index (χ0) is 27.6. The Kier molecular flexibility index (Phi) is 23.3. The van der Waals surface area contributed by atoms with Crippen LogP contribution < -0.4 is 5.73 Å². The van der Waals surface area contributed by atoms with Crippen molar-refractivity contribution in [3.05, 3.63) is 54.1 Å². The van der Waals surface area contributed by atoms with E-state index in [1.165, 1.54) is 44.9 Å². The highest BCUT2D eigenvalue weighted by Crippen LogP contribution is 2.08. The van der Waals surface area contributed by atoms with Crippen LogP contribution in [0.15, 0.2) is 48.6 Å². The van der Waals surface area contributed by atoms with Crippen molar-refractivity contribution >= 4 is 17.6 Å². The molecule has 0 heterocycles. The first-order valence-electron chi connectivity index (χ1n) is 14.2. The molecule has 0 saturated heterocycles. The topological polar surface area (TPSA) is 92.9 Å². The molecule has 0 spiro atoms. The largest absolute Gasteiger partial charge is 0.481 e. The molecule has 0 amide bonds. The van der Waals surface area contributed by atoms with Crippen molar-refractivity contribution < 1.29 is 19.4 Å². The second kappa shape index (κ2) is 25.1. The molecule has 0 aliphatic carbocycles. The number of ether oxygens (including phenoxy) is 1. The fourth-order valence-electron chi connectivity index (χ4n) is 3.60. The van der Waals surface area contributed by atoms with Gasteiger partial charge in [0.05, 0.1) is 5.56 Å². The van der Waals surface area contributed by atoms with Crippen molar-refractivity contribution in [1.29, 1.82) is 0 Å². The van der Waals surface area contributed by atoms with Crippen molar-refractivity contribution in [3.63, 3.8) is 0 Å². The Morgan fingerprint density at radius 2 is 1.41 bits per heavy atom. The highest BCUT2D eigenvalue weighted by molar-refractivity contribution is 5.89. The summed E-state index contributed by atoms with van der Waals surface area (Å²) in [7, 11) is 0. The lowest BCUT2D eigenvalue weighted by molar-refractivity contribution is -0.137. The van der Waals surface area contributed by atoms with Gasteiger partial charge in [-0.3, -0.25) is 4.79 Å². The second-order valence-electron chi connectivity index (χ2n) is 9.16. The van der Waals surface area contributed by atoms with Crippen molar-refractivity contribution in [2.24, 2.45) is 0 Å². The number of hydrogen-bond donors (Lipinski definition) is 2. The third-order valence-corrected chi connectivity index (χ3v) is 6.02. The van der Waals surface area contributed by atoms with E-state index >= 15 is 0 Å². The minimum absolute atomic E-state index is 0.294. The molecule has 6 nitrogen and oxygen atoms in total. The number of carbonyl (C=O) groups is 2. The number of nitrogens with two attached hydrogens (primary N) is 1. The normalized spacial score (nSPS) is 11.1. The quantitative estimate of drug-likeness (QED) is 0.0800. The van der Waals surface area contributed by atoms with E-state index in [9.17, 15) is 9.59 Å². The third-order valence-electron chi connectivity index (χ3n) is 6.02. The number of carbonyl (C=O) groups excluding carboxylic acids is 1. The number of esters is 1. The van der Waals surface area contributed by atoms with Crippen molar-refractivity contribution in [1.82, 2.24) is 4.90 Å². The number of carboxylic acid groups (broad SMARTS) is 1. The molecule has 1 aromatic rings. The summed E-state index contributed by atoms with van der Waals surface area (Å²) in [4.78, 5) is 24.2. The predicted molar refractivity (Wildman–Crippen MR) is 156 cm³/mol. The first kappa shape index (κ1) is 34.4. The van der Waals surface area contributed by atoms with Crippen LogP contribution in [0.1, 0.15) is 108 Å². The van der Waals surface area contributed by atoms with Crippen LogP contribution in [0.5, 0.6) is 0 Å². The number of aliphatic carboxylic acids is 1. The van der Waals surface area contributed by atoms with Gasteiger partial charge in [0.15, 0.2) is 0 Å². The Morgan fingerprint density at radius 1 is 0.838 bits per heavy atom. The maximum atomic E-state index is 11.6. The van der Waals surface area contributed by atoms with Crippen LogP contribution in [-0.2, 0) is 9.53 Å². The Balaban J connectivity index is 0.000000708. The zero-order valence-electron chi connectivity index (χ0n) is 23.6. The number of unbranched alkanes of at least 4 members (excludes halogenated alkanes) is 8. The smallest absolute Gasteiger partial charge is 0.338 e. The number of rotatable bonds is 20. The van der Waals surface area contributed by atoms with E-state index in [1.54, 1.807) is 24.3 Å². The third kappa shape index (κ3) is 22.3. The average molecular weight is 517 g/mol. The van der Waals surface area contributed by atoms with Gasteiger partial charge >= 0.3 is 11.9 Å². The molecule has 0 fully saturated rings. The summed E-state index contributed by atoms with van der Waals surface area (Å²) in [6, 6.07) is 6.74. The van der Waals surface area contributed by atoms with Gasteiger partial charge in [-0.05, 0) is 75.9 Å². The first-order chi connectivity index (χ1) is 17.9. The summed E-state index contributed by atoms with van der Waals surface area (Å²) in [5.41, 5.74) is 6.73. The number of nitrogen functional groups attached to an aromatic ring is 1. The molecule has 3 N–H and O–H groups in total. The monoisotopic (exact) mass is 516 g/mol. The summed E-state index contributed by atoms with van der Waals surface area (Å²) in [6.07, 6.45) is 22.3. The molecular formula is C31H52N2O4. The summed E-state index contributed by atoms with van der Waals surface area (Å²) >= 11 is 0. The van der Waals surface area contributed by atoms with E-state index in [1.807, 2.05) is 0 Å². The second-order valence-corrected chi connectivity index (χ2v) is 9.16. The van der Waals surface area contributed by atoms with Gasteiger partial charge in [0, 0.05) is 18.7 Å². The average Bonchev–Trinajstić information content (AvgIpc) is 2.89. The minimum atomic E-state index is -0.671. The van der Waals surface area contributed by atoms with E-state index in [4.69, 9.17) is 15.6 Å². The lowest BCUT2D eigenvalue weighted by Crippen LogP contribution is -2.27. The molecule has 0 atom stereocenters. The van der Waals surface area contributed by atoms with Crippen molar-refractivity contribution in [2.75, 3.05) is 32.0 Å². The van der Waals surface area contributed by atoms with E-state index < -0.39 is 5.97 Å². The number of hydrogen-bond acceptors (Lipinski definition) is 5. The van der Waals surface area contributed by atoms with E-state index in [2.05, 4.69) is 50.0 Å². The van der Waals surface area contributed by atoms with Crippen LogP contribution in [0.4, 0.5) is 5.69 Å². The molecule has 0 aliphatic heterocycles. The van der Waals surface area contributed by atoms with Crippen LogP contribution in [0, 0.1) is 0 Å². The van der Waals surface area contributed by atoms with Gasteiger partial charge in [-0.25, -0.2) is 4.79 Å². The standard InChI is InChI=1S/C18H32O2.C13H20N2O2/c1-2-3-4-5-6-7-8-9-10-11-12-13-14-15-16-17-18(19)20;1-3-15(4-2)9-10-17-13(16)11-5-7-12(14)8-6-11/h6-7,9-10H,2-5,8,11-17H2,1H3,(H,19,20);5-8H,3-4,9-10,14H2,1-2H3/b7-6-,10-9-;. The highest BCUT2D eigenvalue weighted by Gasteiger charge is 2.07. The Bertz CT molecular complexity index is 740. The summed E-state index contributed by atoms with van der Waals surface area (Å²) < 4.78 is 5.18. The highest BCUT2D eigenvalue weighted by atomic mass is 16.5. The molecule has 6 heteroatoms. The molecule has 0 aromatic heterocycles. The maximum Gasteiger partial charge on any atom is 0.338 e. The predicted octanol–water partition coefficient (Wildman–Crippen LogP) is 7.65. The molecule has 1 aromatic carbocycles. The van der Waals surface area contributed by atoms with Gasteiger partial charge in [0.2, 0.25) is 0 Å². The van der Waals surface area contributed by atoms with Gasteiger partial charge in [-0.1, -0.05) is 77.2 Å². The lowest BCUT2D eigenvalue weighted by atomic mass is 10.1. The maximum absolute atomic E-state index is 11.6. The van der Waals surface area contributed by atoms with Crippen LogP contribution in [0.2, 0.25) is 0 Å². The number of anilines is 1. The SMILES string of the molecule is CCCCC/C=C\C/C=C\CCCCCCCC(=O)O.CCN(CC)CCOC(=O)c1ccc(N)cc1. The molecular weight excluding hydrogens is 464 g/mol. The molecule has 0 saturated carbocycles. The number of allylic oxidation sites excluding steroid dienone is 4. The molecule has 0 aliphatic rings. The first-order valence-corrected chi connectivity index (χ1v) is 14.2. The number of likely N-dealkylation sites (N-methyl/N-ethyl adjacent to an activating group) is 1. The Labute approximate surface area is 226 Å². The Morgan fingerprint density at radius 3 is 1.97 bits per heavy atom. The Hall–Kier alpha value is -2.60. The number of carboxylic acids is 1. The van der Waals surface area contributed by atoms with Crippen LogP contribution >= 0.6 is 0 Å². The molecule has 1 rings (SSSR count). The molecule has 0 bridgehead atoms. The van der Waals surface area contributed by atoms with Gasteiger partial charge < -0.3 is 20.5 Å². The number of benzene rings is 1. The van der Waals surface area contributed by atoms with Crippen molar-refractivity contribution in [2.45, 2.75) is 97.8 Å². The van der Waals surface area contributed by atoms with Gasteiger partial charge in [-0.2, -0.15) is 0 Å². The summed E-state index contributed by atoms with van der Waals surface area (Å²) in [6.45, 7) is 9.54. The number of nitrogens with zero attached hydrogens (tertiary/aromatic N) is 1. The molecule has 0 unspecified atom stereocenters. The van der Waals surface area contributed by atoms with Gasteiger partial charge in [0.1, 0.15) is 6.61 Å². The van der Waals surface area contributed by atoms with E-state index in [0.29, 0.717) is 24.3 Å². The van der Waals surface area contributed by atoms with Crippen LogP contribution in [0.3, 0.4) is 0 Å². The van der Waals surface area contributed by atoms with Gasteiger partial charge in [-0.15, -0.1) is 0 Å².